The highest BCUT2D eigenvalue weighted by Crippen LogP contribution is 2.24. The van der Waals surface area contributed by atoms with Crippen LogP contribution in [0.1, 0.15) is 47.0 Å². The summed E-state index contributed by atoms with van der Waals surface area (Å²) in [7, 11) is -3.59. The molecule has 160 valence electrons. The first-order valence-electron chi connectivity index (χ1n) is 10.1. The summed E-state index contributed by atoms with van der Waals surface area (Å²) >= 11 is 0. The first kappa shape index (κ1) is 21.6. The van der Waals surface area contributed by atoms with Gasteiger partial charge in [-0.3, -0.25) is 9.36 Å². The van der Waals surface area contributed by atoms with E-state index in [4.69, 9.17) is 4.42 Å². The van der Waals surface area contributed by atoms with Gasteiger partial charge in [-0.15, -0.1) is 0 Å². The van der Waals surface area contributed by atoms with E-state index in [-0.39, 0.29) is 41.4 Å². The van der Waals surface area contributed by atoms with Crippen LogP contribution in [0.15, 0.2) is 32.3 Å². The molecule has 8 nitrogen and oxygen atoms in total. The number of hydrogen-bond donors (Lipinski definition) is 0. The van der Waals surface area contributed by atoms with Gasteiger partial charge in [0.05, 0.1) is 10.4 Å². The lowest BCUT2D eigenvalue weighted by atomic mass is 10.2. The van der Waals surface area contributed by atoms with Crippen LogP contribution in [0.25, 0.3) is 11.1 Å². The van der Waals surface area contributed by atoms with Crippen molar-refractivity contribution in [1.29, 1.82) is 0 Å². The number of hydrogen-bond acceptors (Lipinski definition) is 5. The summed E-state index contributed by atoms with van der Waals surface area (Å²) in [5.41, 5.74) is 0.705. The lowest BCUT2D eigenvalue weighted by Gasteiger charge is -2.30. The van der Waals surface area contributed by atoms with Gasteiger partial charge in [0.1, 0.15) is 0 Å². The lowest BCUT2D eigenvalue weighted by Crippen LogP contribution is -2.42. The second kappa shape index (κ2) is 8.31. The van der Waals surface area contributed by atoms with Crippen LogP contribution in [0.2, 0.25) is 0 Å². The highest BCUT2D eigenvalue weighted by Gasteiger charge is 2.28. The number of aromatic nitrogens is 1. The number of rotatable bonds is 7. The molecule has 29 heavy (non-hydrogen) atoms. The van der Waals surface area contributed by atoms with Gasteiger partial charge in [0.2, 0.25) is 15.9 Å². The molecular formula is C20H29N3O5S. The summed E-state index contributed by atoms with van der Waals surface area (Å²) in [6.07, 6.45) is 1.87. The van der Waals surface area contributed by atoms with E-state index in [0.717, 1.165) is 12.8 Å². The molecule has 2 aromatic rings. The Kier molecular flexibility index (Phi) is 6.19. The van der Waals surface area contributed by atoms with E-state index in [1.165, 1.54) is 21.0 Å². The van der Waals surface area contributed by atoms with Gasteiger partial charge in [0.25, 0.3) is 0 Å². The third-order valence-corrected chi connectivity index (χ3v) is 7.19. The topological polar surface area (TPSA) is 92.8 Å². The van der Waals surface area contributed by atoms with Crippen molar-refractivity contribution < 1.29 is 17.6 Å². The summed E-state index contributed by atoms with van der Waals surface area (Å²) in [5, 5.41) is 0. The average Bonchev–Trinajstić information content (AvgIpc) is 3.26. The Morgan fingerprint density at radius 3 is 2.34 bits per heavy atom. The van der Waals surface area contributed by atoms with Gasteiger partial charge in [-0.25, -0.2) is 13.2 Å². The number of aryl methyl sites for hydroxylation is 1. The molecular weight excluding hydrogens is 394 g/mol. The fraction of sp³-hybridized carbons (Fsp3) is 0.600. The quantitative estimate of drug-likeness (QED) is 0.682. The second-order valence-electron chi connectivity index (χ2n) is 8.00. The molecule has 1 aromatic heterocycles. The van der Waals surface area contributed by atoms with Crippen molar-refractivity contribution in [3.05, 3.63) is 28.7 Å². The van der Waals surface area contributed by atoms with Gasteiger partial charge in [-0.1, -0.05) is 0 Å². The van der Waals surface area contributed by atoms with E-state index in [0.29, 0.717) is 18.6 Å². The summed E-state index contributed by atoms with van der Waals surface area (Å²) in [4.78, 5) is 26.8. The Balaban J connectivity index is 1.84. The maximum absolute atomic E-state index is 12.7. The van der Waals surface area contributed by atoms with Crippen LogP contribution in [0.3, 0.4) is 0 Å². The molecule has 0 unspecified atom stereocenters. The number of fused-ring (bicyclic) bond motifs is 1. The summed E-state index contributed by atoms with van der Waals surface area (Å²) < 4.78 is 33.6. The molecule has 1 aromatic carbocycles. The predicted molar refractivity (Wildman–Crippen MR) is 110 cm³/mol. The highest BCUT2D eigenvalue weighted by atomic mass is 32.2. The van der Waals surface area contributed by atoms with Crippen LogP contribution in [0.4, 0.5) is 0 Å². The molecule has 2 heterocycles. The minimum absolute atomic E-state index is 0.0375. The zero-order chi connectivity index (χ0) is 21.3. The van der Waals surface area contributed by atoms with Gasteiger partial charge in [-0.2, -0.15) is 4.31 Å². The van der Waals surface area contributed by atoms with E-state index in [1.54, 1.807) is 11.0 Å². The molecule has 1 aliphatic heterocycles. The Morgan fingerprint density at radius 1 is 1.14 bits per heavy atom. The SMILES string of the molecule is CC(C)N(C(=O)CCn1c(=O)oc2cc(S(=O)(=O)N3CCCC3)ccc21)C(C)C. The Labute approximate surface area is 171 Å². The fourth-order valence-electron chi connectivity index (χ4n) is 4.01. The smallest absolute Gasteiger partial charge is 0.408 e. The van der Waals surface area contributed by atoms with E-state index in [2.05, 4.69) is 0 Å². The van der Waals surface area contributed by atoms with Crippen molar-refractivity contribution in [3.8, 4) is 0 Å². The van der Waals surface area contributed by atoms with Gasteiger partial charge in [0.15, 0.2) is 5.58 Å². The van der Waals surface area contributed by atoms with Gasteiger partial charge in [0, 0.05) is 44.2 Å². The van der Waals surface area contributed by atoms with E-state index in [1.807, 2.05) is 27.7 Å². The minimum atomic E-state index is -3.59. The van der Waals surface area contributed by atoms with Crippen molar-refractivity contribution in [2.75, 3.05) is 13.1 Å². The van der Waals surface area contributed by atoms with Crippen LogP contribution >= 0.6 is 0 Å². The molecule has 0 atom stereocenters. The minimum Gasteiger partial charge on any atom is -0.408 e. The third kappa shape index (κ3) is 4.25. The Morgan fingerprint density at radius 2 is 1.76 bits per heavy atom. The van der Waals surface area contributed by atoms with E-state index >= 15 is 0 Å². The van der Waals surface area contributed by atoms with Crippen molar-refractivity contribution >= 4 is 27.0 Å². The maximum Gasteiger partial charge on any atom is 0.419 e. The number of oxazole rings is 1. The number of sulfonamides is 1. The standard InChI is InChI=1S/C20H29N3O5S/c1-14(2)23(15(3)4)19(24)9-12-22-17-8-7-16(13-18(17)28-20(22)25)29(26,27)21-10-5-6-11-21/h7-8,13-15H,5-6,9-12H2,1-4H3. The van der Waals surface area contributed by atoms with Crippen molar-refractivity contribution in [1.82, 2.24) is 13.8 Å². The van der Waals surface area contributed by atoms with Gasteiger partial charge < -0.3 is 9.32 Å². The summed E-state index contributed by atoms with van der Waals surface area (Å²) in [5.74, 6) is -0.631. The molecule has 1 fully saturated rings. The molecule has 0 radical (unpaired) electrons. The molecule has 3 rings (SSSR count). The summed E-state index contributed by atoms with van der Waals surface area (Å²) in [6.45, 7) is 9.03. The molecule has 0 spiro atoms. The second-order valence-corrected chi connectivity index (χ2v) is 9.94. The molecule has 1 aliphatic rings. The monoisotopic (exact) mass is 423 g/mol. The molecule has 1 saturated heterocycles. The van der Waals surface area contributed by atoms with Gasteiger partial charge in [-0.05, 0) is 52.7 Å². The molecule has 0 bridgehead atoms. The van der Waals surface area contributed by atoms with E-state index in [9.17, 15) is 18.0 Å². The Bertz CT molecular complexity index is 1040. The van der Waals surface area contributed by atoms with Crippen LogP contribution in [0.5, 0.6) is 0 Å². The number of benzene rings is 1. The van der Waals surface area contributed by atoms with Crippen molar-refractivity contribution in [2.45, 2.75) is 70.5 Å². The first-order chi connectivity index (χ1) is 13.6. The normalized spacial score (nSPS) is 15.7. The number of carbonyl (C=O) groups is 1. The largest absolute Gasteiger partial charge is 0.419 e. The molecule has 1 amide bonds. The Hall–Kier alpha value is -2.13. The highest BCUT2D eigenvalue weighted by molar-refractivity contribution is 7.89. The number of carbonyl (C=O) groups excluding carboxylic acids is 1. The number of nitrogens with zero attached hydrogens (tertiary/aromatic N) is 3. The molecule has 9 heteroatoms. The zero-order valence-electron chi connectivity index (χ0n) is 17.4. The van der Waals surface area contributed by atoms with Crippen LogP contribution in [-0.2, 0) is 21.4 Å². The first-order valence-corrected chi connectivity index (χ1v) is 11.5. The zero-order valence-corrected chi connectivity index (χ0v) is 18.2. The summed E-state index contributed by atoms with van der Waals surface area (Å²) in [6, 6.07) is 4.61. The van der Waals surface area contributed by atoms with Crippen molar-refractivity contribution in [2.24, 2.45) is 0 Å². The van der Waals surface area contributed by atoms with Crippen LogP contribution in [0, 0.1) is 0 Å². The van der Waals surface area contributed by atoms with E-state index < -0.39 is 15.8 Å². The molecule has 0 saturated carbocycles. The van der Waals surface area contributed by atoms with Crippen molar-refractivity contribution in [3.63, 3.8) is 0 Å². The van der Waals surface area contributed by atoms with Crippen LogP contribution < -0.4 is 5.76 Å². The molecule has 0 N–H and O–H groups in total. The third-order valence-electron chi connectivity index (χ3n) is 5.29. The lowest BCUT2D eigenvalue weighted by molar-refractivity contribution is -0.135. The number of amides is 1. The maximum atomic E-state index is 12.7. The van der Waals surface area contributed by atoms with Crippen LogP contribution in [-0.4, -0.2) is 53.3 Å². The fourth-order valence-corrected chi connectivity index (χ4v) is 5.54. The average molecular weight is 424 g/mol. The van der Waals surface area contributed by atoms with Gasteiger partial charge >= 0.3 is 5.76 Å². The molecule has 0 aliphatic carbocycles. The predicted octanol–water partition coefficient (Wildman–Crippen LogP) is 2.41.